The SMILES string of the molecule is CN(C)CCCCNC(=O)C1=CN2C3CC4CCCCC4CC3OC3C(NCCCN4CCOCC4)CCC(C1=O)C32. The first-order chi connectivity index (χ1) is 20.5. The van der Waals surface area contributed by atoms with Crippen LogP contribution in [0, 0.1) is 17.8 Å². The molecule has 9 nitrogen and oxygen atoms in total. The zero-order chi connectivity index (χ0) is 29.1. The summed E-state index contributed by atoms with van der Waals surface area (Å²) in [5, 5.41) is 6.96. The Bertz CT molecular complexity index is 968. The molecular weight excluding hydrogens is 530 g/mol. The first-order valence-electron chi connectivity index (χ1n) is 17.1. The van der Waals surface area contributed by atoms with Crippen LogP contribution in [0.25, 0.3) is 0 Å². The van der Waals surface area contributed by atoms with Crippen molar-refractivity contribution in [3.63, 3.8) is 0 Å². The molecule has 6 aliphatic rings. The van der Waals surface area contributed by atoms with Gasteiger partial charge in [0.05, 0.1) is 43.1 Å². The highest BCUT2D eigenvalue weighted by molar-refractivity contribution is 6.20. The van der Waals surface area contributed by atoms with Gasteiger partial charge in [0, 0.05) is 37.8 Å². The topological polar surface area (TPSA) is 86.4 Å². The van der Waals surface area contributed by atoms with Crippen LogP contribution >= 0.6 is 0 Å². The zero-order valence-corrected chi connectivity index (χ0v) is 26.1. The largest absolute Gasteiger partial charge is 0.379 e. The summed E-state index contributed by atoms with van der Waals surface area (Å²) in [7, 11) is 4.14. The van der Waals surface area contributed by atoms with E-state index in [4.69, 9.17) is 9.47 Å². The fourth-order valence-corrected chi connectivity index (χ4v) is 8.95. The van der Waals surface area contributed by atoms with E-state index in [1.54, 1.807) is 0 Å². The van der Waals surface area contributed by atoms with Gasteiger partial charge in [0.1, 0.15) is 0 Å². The standard InChI is InChI=1S/C33H55N5O4/c1-36(2)14-6-5-12-35-33(40)26-22-38-28-20-23-8-3-4-9-24(23)21-29(28)42-32-27(11-10-25(30(32)38)31(26)39)34-13-7-15-37-16-18-41-19-17-37/h22-25,27-30,32,34H,3-21H2,1-2H3,(H,35,40). The Morgan fingerprint density at radius 3 is 2.57 bits per heavy atom. The maximum absolute atomic E-state index is 13.9. The van der Waals surface area contributed by atoms with Crippen LogP contribution in [0.2, 0.25) is 0 Å². The number of hydrogen-bond donors (Lipinski definition) is 2. The molecule has 9 heteroatoms. The monoisotopic (exact) mass is 585 g/mol. The number of unbranched alkanes of at least 4 members (excludes halogenated alkanes) is 1. The molecule has 0 aromatic heterocycles. The van der Waals surface area contributed by atoms with Gasteiger partial charge in [0.25, 0.3) is 5.91 Å². The number of nitrogens with zero attached hydrogens (tertiary/aromatic N) is 3. The average Bonchev–Trinajstić information content (AvgIpc) is 3.00. The number of Topliss-reactive ketones (excluding diaryl/α,β-unsaturated/α-hetero) is 1. The second kappa shape index (κ2) is 14.1. The Morgan fingerprint density at radius 1 is 1.00 bits per heavy atom. The quantitative estimate of drug-likeness (QED) is 0.283. The number of carbonyl (C=O) groups is 2. The van der Waals surface area contributed by atoms with E-state index in [1.165, 1.54) is 25.7 Å². The Hall–Kier alpha value is -1.52. The number of hydrogen-bond acceptors (Lipinski definition) is 8. The van der Waals surface area contributed by atoms with E-state index in [2.05, 4.69) is 39.4 Å². The molecule has 2 N–H and O–H groups in total. The molecule has 3 heterocycles. The third-order valence-electron chi connectivity index (χ3n) is 11.2. The van der Waals surface area contributed by atoms with Crippen molar-refractivity contribution in [2.24, 2.45) is 17.8 Å². The zero-order valence-electron chi connectivity index (χ0n) is 26.1. The van der Waals surface area contributed by atoms with Crippen molar-refractivity contribution in [1.82, 2.24) is 25.3 Å². The van der Waals surface area contributed by atoms with Crippen LogP contribution in [-0.4, -0.2) is 123 Å². The van der Waals surface area contributed by atoms with Crippen LogP contribution in [0.4, 0.5) is 0 Å². The summed E-state index contributed by atoms with van der Waals surface area (Å²) < 4.78 is 12.6. The van der Waals surface area contributed by atoms with Crippen LogP contribution in [0.1, 0.15) is 70.6 Å². The van der Waals surface area contributed by atoms with E-state index in [9.17, 15) is 9.59 Å². The lowest BCUT2D eigenvalue weighted by molar-refractivity contribution is -0.200. The summed E-state index contributed by atoms with van der Waals surface area (Å²) in [5.74, 6) is 1.20. The molecule has 3 saturated carbocycles. The number of rotatable bonds is 11. The van der Waals surface area contributed by atoms with E-state index >= 15 is 0 Å². The number of morpholine rings is 2. The molecular formula is C33H55N5O4. The average molecular weight is 586 g/mol. The fourth-order valence-electron chi connectivity index (χ4n) is 8.95. The molecule has 3 aliphatic heterocycles. The third-order valence-corrected chi connectivity index (χ3v) is 11.2. The van der Waals surface area contributed by atoms with Crippen molar-refractivity contribution in [3.8, 4) is 0 Å². The molecule has 0 radical (unpaired) electrons. The Labute approximate surface area is 253 Å². The van der Waals surface area contributed by atoms with Crippen molar-refractivity contribution in [2.75, 3.05) is 66.6 Å². The predicted octanol–water partition coefficient (Wildman–Crippen LogP) is 2.41. The van der Waals surface area contributed by atoms with E-state index in [0.717, 1.165) is 103 Å². The molecule has 236 valence electrons. The molecule has 8 atom stereocenters. The highest BCUT2D eigenvalue weighted by atomic mass is 16.5. The van der Waals surface area contributed by atoms with Gasteiger partial charge in [-0.2, -0.15) is 0 Å². The second-order valence-electron chi connectivity index (χ2n) is 14.1. The Morgan fingerprint density at radius 2 is 1.79 bits per heavy atom. The normalized spacial score (nSPS) is 36.6. The van der Waals surface area contributed by atoms with Crippen molar-refractivity contribution in [2.45, 2.75) is 101 Å². The molecule has 42 heavy (non-hydrogen) atoms. The minimum Gasteiger partial charge on any atom is -0.379 e. The van der Waals surface area contributed by atoms with Crippen molar-refractivity contribution >= 4 is 11.7 Å². The smallest absolute Gasteiger partial charge is 0.256 e. The number of amides is 1. The van der Waals surface area contributed by atoms with Crippen LogP contribution in [0.5, 0.6) is 0 Å². The van der Waals surface area contributed by atoms with E-state index in [0.29, 0.717) is 12.1 Å². The highest BCUT2D eigenvalue weighted by Crippen LogP contribution is 2.49. The van der Waals surface area contributed by atoms with Gasteiger partial charge in [-0.25, -0.2) is 0 Å². The number of fused-ring (bicyclic) bond motifs is 3. The summed E-state index contributed by atoms with van der Waals surface area (Å²) in [6, 6.07) is 0.543. The molecule has 6 rings (SSSR count). The first-order valence-corrected chi connectivity index (χ1v) is 17.1. The summed E-state index contributed by atoms with van der Waals surface area (Å²) in [6.45, 7) is 7.41. The molecule has 5 fully saturated rings. The molecule has 2 saturated heterocycles. The van der Waals surface area contributed by atoms with Crippen LogP contribution in [0.3, 0.4) is 0 Å². The molecule has 3 aliphatic carbocycles. The maximum Gasteiger partial charge on any atom is 0.256 e. The summed E-state index contributed by atoms with van der Waals surface area (Å²) in [4.78, 5) is 34.4. The minimum atomic E-state index is -0.183. The third kappa shape index (κ3) is 6.75. The fraction of sp³-hybridized carbons (Fsp3) is 0.879. The van der Waals surface area contributed by atoms with Crippen molar-refractivity contribution in [3.05, 3.63) is 11.8 Å². The molecule has 0 aromatic carbocycles. The molecule has 8 unspecified atom stereocenters. The van der Waals surface area contributed by atoms with Crippen LogP contribution in [-0.2, 0) is 19.1 Å². The van der Waals surface area contributed by atoms with Gasteiger partial charge < -0.3 is 29.9 Å². The number of nitrogens with one attached hydrogen (secondary N) is 2. The van der Waals surface area contributed by atoms with Crippen LogP contribution < -0.4 is 10.6 Å². The van der Waals surface area contributed by atoms with Gasteiger partial charge in [-0.1, -0.05) is 25.7 Å². The summed E-state index contributed by atoms with van der Waals surface area (Å²) in [5.41, 5.74) is 0.381. The Kier molecular flexibility index (Phi) is 10.2. The Balaban J connectivity index is 1.16. The van der Waals surface area contributed by atoms with Crippen molar-refractivity contribution in [1.29, 1.82) is 0 Å². The van der Waals surface area contributed by atoms with E-state index < -0.39 is 0 Å². The highest BCUT2D eigenvalue weighted by Gasteiger charge is 2.57. The van der Waals surface area contributed by atoms with E-state index in [-0.39, 0.29) is 47.9 Å². The molecule has 1 amide bonds. The van der Waals surface area contributed by atoms with Gasteiger partial charge in [0.15, 0.2) is 5.78 Å². The molecule has 0 aromatic rings. The lowest BCUT2D eigenvalue weighted by atomic mass is 9.65. The van der Waals surface area contributed by atoms with E-state index in [1.807, 2.05) is 6.20 Å². The van der Waals surface area contributed by atoms with Gasteiger partial charge in [-0.15, -0.1) is 0 Å². The van der Waals surface area contributed by atoms with Gasteiger partial charge in [-0.3, -0.25) is 14.5 Å². The van der Waals surface area contributed by atoms with Gasteiger partial charge >= 0.3 is 0 Å². The minimum absolute atomic E-state index is 0.00984. The van der Waals surface area contributed by atoms with Crippen LogP contribution in [0.15, 0.2) is 11.8 Å². The molecule has 0 spiro atoms. The first kappa shape index (κ1) is 30.5. The van der Waals surface area contributed by atoms with Gasteiger partial charge in [0.2, 0.25) is 0 Å². The maximum atomic E-state index is 13.9. The summed E-state index contributed by atoms with van der Waals surface area (Å²) in [6.07, 6.45) is 14.5. The lowest BCUT2D eigenvalue weighted by Gasteiger charge is -2.60. The second-order valence-corrected chi connectivity index (χ2v) is 14.1. The molecule has 0 bridgehead atoms. The number of ether oxygens (including phenoxy) is 2. The number of carbonyl (C=O) groups excluding carboxylic acids is 2. The van der Waals surface area contributed by atoms with Crippen molar-refractivity contribution < 1.29 is 19.1 Å². The number of ketones is 1. The predicted molar refractivity (Wildman–Crippen MR) is 163 cm³/mol. The lowest BCUT2D eigenvalue weighted by Crippen LogP contribution is -2.71. The van der Waals surface area contributed by atoms with Gasteiger partial charge in [-0.05, 0) is 90.5 Å². The summed E-state index contributed by atoms with van der Waals surface area (Å²) >= 11 is 0.